The lowest BCUT2D eigenvalue weighted by molar-refractivity contribution is -0.384. The SMILES string of the molecule is O=C(CSc1nc2cc(Cl)ccc2o1)Nc1ccc([N+](=O)[O-])cc1Cl. The number of aromatic nitrogens is 1. The van der Waals surface area contributed by atoms with Gasteiger partial charge in [-0.05, 0) is 24.3 Å². The molecule has 0 radical (unpaired) electrons. The van der Waals surface area contributed by atoms with Gasteiger partial charge in [-0.2, -0.15) is 0 Å². The molecule has 128 valence electrons. The highest BCUT2D eigenvalue weighted by Crippen LogP contribution is 2.28. The number of carbonyl (C=O) groups is 1. The van der Waals surface area contributed by atoms with Crippen molar-refractivity contribution in [1.82, 2.24) is 4.98 Å². The summed E-state index contributed by atoms with van der Waals surface area (Å²) in [4.78, 5) is 26.4. The second-order valence-corrected chi connectivity index (χ2v) is 6.62. The standard InChI is InChI=1S/C15H9Cl2N3O4S/c16-8-1-4-13-12(5-8)19-15(24-13)25-7-14(21)18-11-3-2-9(20(22)23)6-10(11)17/h1-6H,7H2,(H,18,21). The van der Waals surface area contributed by atoms with Crippen LogP contribution in [-0.2, 0) is 4.79 Å². The summed E-state index contributed by atoms with van der Waals surface area (Å²) in [7, 11) is 0. The van der Waals surface area contributed by atoms with E-state index in [4.69, 9.17) is 27.6 Å². The highest BCUT2D eigenvalue weighted by atomic mass is 35.5. The molecule has 25 heavy (non-hydrogen) atoms. The summed E-state index contributed by atoms with van der Waals surface area (Å²) in [5.41, 5.74) is 1.32. The first-order chi connectivity index (χ1) is 11.9. The van der Waals surface area contributed by atoms with E-state index >= 15 is 0 Å². The Labute approximate surface area is 155 Å². The fraction of sp³-hybridized carbons (Fsp3) is 0.0667. The van der Waals surface area contributed by atoms with Crippen molar-refractivity contribution in [1.29, 1.82) is 0 Å². The number of hydrogen-bond donors (Lipinski definition) is 1. The van der Waals surface area contributed by atoms with Crippen molar-refractivity contribution in [2.75, 3.05) is 11.1 Å². The largest absolute Gasteiger partial charge is 0.431 e. The van der Waals surface area contributed by atoms with Crippen LogP contribution in [0.1, 0.15) is 0 Å². The predicted molar refractivity (Wildman–Crippen MR) is 96.5 cm³/mol. The highest BCUT2D eigenvalue weighted by molar-refractivity contribution is 7.99. The van der Waals surface area contributed by atoms with E-state index in [0.29, 0.717) is 27.0 Å². The van der Waals surface area contributed by atoms with Crippen molar-refractivity contribution in [2.45, 2.75) is 5.22 Å². The summed E-state index contributed by atoms with van der Waals surface area (Å²) in [5, 5.41) is 14.2. The zero-order chi connectivity index (χ0) is 18.0. The van der Waals surface area contributed by atoms with E-state index in [1.807, 2.05) is 0 Å². The van der Waals surface area contributed by atoms with Gasteiger partial charge in [0.2, 0.25) is 5.91 Å². The number of non-ortho nitro benzene ring substituents is 1. The average molecular weight is 398 g/mol. The van der Waals surface area contributed by atoms with Crippen LogP contribution < -0.4 is 5.32 Å². The quantitative estimate of drug-likeness (QED) is 0.378. The van der Waals surface area contributed by atoms with E-state index in [1.165, 1.54) is 18.2 Å². The molecule has 2 aromatic carbocycles. The van der Waals surface area contributed by atoms with Gasteiger partial charge in [0.25, 0.3) is 10.9 Å². The van der Waals surface area contributed by atoms with Crippen LogP contribution in [0.2, 0.25) is 10.0 Å². The molecule has 10 heteroatoms. The zero-order valence-electron chi connectivity index (χ0n) is 12.4. The molecule has 0 aliphatic carbocycles. The summed E-state index contributed by atoms with van der Waals surface area (Å²) in [6.45, 7) is 0. The number of oxazole rings is 1. The van der Waals surface area contributed by atoms with E-state index in [0.717, 1.165) is 11.8 Å². The second-order valence-electron chi connectivity index (χ2n) is 4.85. The number of carbonyl (C=O) groups excluding carboxylic acids is 1. The number of benzene rings is 2. The molecule has 1 N–H and O–H groups in total. The fourth-order valence-corrected chi connectivity index (χ4v) is 3.00. The topological polar surface area (TPSA) is 98.3 Å². The third kappa shape index (κ3) is 4.22. The number of nitrogens with one attached hydrogen (secondary N) is 1. The van der Waals surface area contributed by atoms with Crippen molar-refractivity contribution in [3.63, 3.8) is 0 Å². The van der Waals surface area contributed by atoms with Crippen LogP contribution in [0.5, 0.6) is 0 Å². The van der Waals surface area contributed by atoms with Crippen LogP contribution in [0.4, 0.5) is 11.4 Å². The Morgan fingerprint density at radius 2 is 2.08 bits per heavy atom. The van der Waals surface area contributed by atoms with Crippen LogP contribution >= 0.6 is 35.0 Å². The number of nitro benzene ring substituents is 1. The van der Waals surface area contributed by atoms with Crippen LogP contribution in [0.15, 0.2) is 46.0 Å². The summed E-state index contributed by atoms with van der Waals surface area (Å²) < 4.78 is 5.50. The number of anilines is 1. The Morgan fingerprint density at radius 3 is 2.80 bits per heavy atom. The van der Waals surface area contributed by atoms with Crippen LogP contribution in [0, 0.1) is 10.1 Å². The first kappa shape index (κ1) is 17.5. The third-order valence-electron chi connectivity index (χ3n) is 3.09. The minimum absolute atomic E-state index is 0.0356. The molecule has 0 spiro atoms. The van der Waals surface area contributed by atoms with E-state index in [1.54, 1.807) is 18.2 Å². The second kappa shape index (κ2) is 7.30. The molecular weight excluding hydrogens is 389 g/mol. The Balaban J connectivity index is 1.63. The molecule has 1 aromatic heterocycles. The number of amides is 1. The Morgan fingerprint density at radius 1 is 1.28 bits per heavy atom. The molecule has 1 amide bonds. The van der Waals surface area contributed by atoms with Gasteiger partial charge in [-0.25, -0.2) is 4.98 Å². The van der Waals surface area contributed by atoms with E-state index in [2.05, 4.69) is 10.3 Å². The molecule has 0 aliphatic rings. The maximum atomic E-state index is 12.0. The van der Waals surface area contributed by atoms with Crippen LogP contribution in [-0.4, -0.2) is 21.6 Å². The maximum Gasteiger partial charge on any atom is 0.271 e. The monoisotopic (exact) mass is 397 g/mol. The van der Waals surface area contributed by atoms with Crippen molar-refractivity contribution < 1.29 is 14.1 Å². The van der Waals surface area contributed by atoms with Crippen molar-refractivity contribution in [3.05, 3.63) is 56.6 Å². The lowest BCUT2D eigenvalue weighted by atomic mass is 10.3. The smallest absolute Gasteiger partial charge is 0.271 e. The van der Waals surface area contributed by atoms with Gasteiger partial charge in [-0.1, -0.05) is 35.0 Å². The highest BCUT2D eigenvalue weighted by Gasteiger charge is 2.13. The molecule has 0 aliphatic heterocycles. The minimum atomic E-state index is -0.563. The van der Waals surface area contributed by atoms with Gasteiger partial charge in [-0.15, -0.1) is 0 Å². The van der Waals surface area contributed by atoms with Gasteiger partial charge in [0.1, 0.15) is 5.52 Å². The van der Waals surface area contributed by atoms with Gasteiger partial charge >= 0.3 is 0 Å². The number of nitro groups is 1. The zero-order valence-corrected chi connectivity index (χ0v) is 14.7. The molecule has 0 bridgehead atoms. The van der Waals surface area contributed by atoms with Gasteiger partial charge in [0.15, 0.2) is 5.58 Å². The van der Waals surface area contributed by atoms with E-state index in [-0.39, 0.29) is 22.4 Å². The first-order valence-electron chi connectivity index (χ1n) is 6.85. The van der Waals surface area contributed by atoms with Crippen molar-refractivity contribution in [2.24, 2.45) is 0 Å². The number of rotatable bonds is 5. The summed E-state index contributed by atoms with van der Waals surface area (Å²) in [6.07, 6.45) is 0. The van der Waals surface area contributed by atoms with E-state index in [9.17, 15) is 14.9 Å². The minimum Gasteiger partial charge on any atom is -0.431 e. The van der Waals surface area contributed by atoms with Crippen molar-refractivity contribution in [3.8, 4) is 0 Å². The summed E-state index contributed by atoms with van der Waals surface area (Å²) >= 11 is 12.9. The molecular formula is C15H9Cl2N3O4S. The third-order valence-corrected chi connectivity index (χ3v) is 4.47. The molecule has 0 unspecified atom stereocenters. The molecule has 3 aromatic rings. The lowest BCUT2D eigenvalue weighted by Crippen LogP contribution is -2.14. The predicted octanol–water partition coefficient (Wildman–Crippen LogP) is 4.77. The lowest BCUT2D eigenvalue weighted by Gasteiger charge is -2.06. The molecule has 0 saturated carbocycles. The molecule has 1 heterocycles. The number of hydrogen-bond acceptors (Lipinski definition) is 6. The number of nitrogens with zero attached hydrogens (tertiary/aromatic N) is 2. The Kier molecular flexibility index (Phi) is 5.12. The van der Waals surface area contributed by atoms with Gasteiger partial charge < -0.3 is 9.73 Å². The molecule has 0 saturated heterocycles. The van der Waals surface area contributed by atoms with Gasteiger partial charge in [-0.3, -0.25) is 14.9 Å². The maximum absolute atomic E-state index is 12.0. The first-order valence-corrected chi connectivity index (χ1v) is 8.59. The molecule has 0 fully saturated rings. The summed E-state index contributed by atoms with van der Waals surface area (Å²) in [5.74, 6) is -0.311. The number of fused-ring (bicyclic) bond motifs is 1. The molecule has 0 atom stereocenters. The van der Waals surface area contributed by atoms with Gasteiger partial charge in [0.05, 0.1) is 21.4 Å². The van der Waals surface area contributed by atoms with Gasteiger partial charge in [0, 0.05) is 17.2 Å². The van der Waals surface area contributed by atoms with Crippen LogP contribution in [0.25, 0.3) is 11.1 Å². The fourth-order valence-electron chi connectivity index (χ4n) is 1.97. The average Bonchev–Trinajstić information content (AvgIpc) is 2.96. The normalized spacial score (nSPS) is 10.8. The van der Waals surface area contributed by atoms with Crippen molar-refractivity contribution >= 4 is 63.3 Å². The summed E-state index contributed by atoms with van der Waals surface area (Å²) in [6, 6.07) is 8.87. The number of halogens is 2. The molecule has 3 rings (SSSR count). The van der Waals surface area contributed by atoms with Crippen LogP contribution in [0.3, 0.4) is 0 Å². The molecule has 7 nitrogen and oxygen atoms in total. The van der Waals surface area contributed by atoms with E-state index < -0.39 is 4.92 Å². The number of thioether (sulfide) groups is 1. The Bertz CT molecular complexity index is 977. The Hall–Kier alpha value is -2.29.